The highest BCUT2D eigenvalue weighted by atomic mass is 19.1. The number of nitrogens with one attached hydrogen (secondary N) is 1. The van der Waals surface area contributed by atoms with Crippen LogP contribution < -0.4 is 15.0 Å². The third-order valence-electron chi connectivity index (χ3n) is 6.30. The van der Waals surface area contributed by atoms with Gasteiger partial charge in [-0.1, -0.05) is 12.1 Å². The zero-order valence-electron chi connectivity index (χ0n) is 20.2. The number of ether oxygens (including phenoxy) is 1. The van der Waals surface area contributed by atoms with E-state index in [2.05, 4.69) is 20.3 Å². The topological polar surface area (TPSA) is 78.2 Å². The summed E-state index contributed by atoms with van der Waals surface area (Å²) >= 11 is 0. The first kappa shape index (κ1) is 24.0. The Morgan fingerprint density at radius 3 is 2.58 bits per heavy atom. The van der Waals surface area contributed by atoms with Crippen molar-refractivity contribution in [3.63, 3.8) is 0 Å². The fourth-order valence-corrected chi connectivity index (χ4v) is 4.56. The summed E-state index contributed by atoms with van der Waals surface area (Å²) in [6.45, 7) is 4.75. The zero-order valence-corrected chi connectivity index (χ0v) is 20.2. The van der Waals surface area contributed by atoms with Crippen LogP contribution in [0, 0.1) is 11.6 Å². The number of hydrogen-bond donors (Lipinski definition) is 2. The normalized spacial score (nSPS) is 15.3. The minimum Gasteiger partial charge on any atom is -0.496 e. The predicted octanol–water partition coefficient (Wildman–Crippen LogP) is 3.93. The van der Waals surface area contributed by atoms with Crippen molar-refractivity contribution >= 4 is 22.8 Å². The lowest BCUT2D eigenvalue weighted by Gasteiger charge is -2.36. The van der Waals surface area contributed by atoms with Crippen LogP contribution in [0.15, 0.2) is 54.7 Å². The van der Waals surface area contributed by atoms with Crippen LogP contribution in [0.1, 0.15) is 6.92 Å². The van der Waals surface area contributed by atoms with E-state index in [1.54, 1.807) is 24.7 Å². The van der Waals surface area contributed by atoms with Gasteiger partial charge in [0.1, 0.15) is 17.4 Å². The van der Waals surface area contributed by atoms with Crippen LogP contribution in [-0.4, -0.2) is 70.5 Å². The number of aromatic nitrogens is 3. The Bertz CT molecular complexity index is 1370. The summed E-state index contributed by atoms with van der Waals surface area (Å²) in [5.41, 5.74) is 2.55. The van der Waals surface area contributed by atoms with Gasteiger partial charge in [0.05, 0.1) is 42.0 Å². The first-order valence-corrected chi connectivity index (χ1v) is 11.8. The van der Waals surface area contributed by atoms with Crippen molar-refractivity contribution in [1.82, 2.24) is 19.5 Å². The van der Waals surface area contributed by atoms with Gasteiger partial charge >= 0.3 is 0 Å². The maximum atomic E-state index is 15.0. The van der Waals surface area contributed by atoms with Gasteiger partial charge in [-0.05, 0) is 31.2 Å². The second-order valence-electron chi connectivity index (χ2n) is 8.88. The first-order chi connectivity index (χ1) is 17.4. The number of nitrogens with zero attached hydrogens (tertiary/aromatic N) is 5. The Morgan fingerprint density at radius 1 is 1.06 bits per heavy atom. The van der Waals surface area contributed by atoms with Gasteiger partial charge < -0.3 is 20.1 Å². The van der Waals surface area contributed by atoms with Gasteiger partial charge in [-0.25, -0.2) is 18.3 Å². The largest absolute Gasteiger partial charge is 0.496 e. The predicted molar refractivity (Wildman–Crippen MR) is 135 cm³/mol. The molecule has 188 valence electrons. The van der Waals surface area contributed by atoms with E-state index in [1.807, 2.05) is 41.3 Å². The molecule has 0 spiro atoms. The van der Waals surface area contributed by atoms with Crippen LogP contribution in [0.4, 0.5) is 26.1 Å². The molecule has 1 fully saturated rings. The average molecular weight is 495 g/mol. The highest BCUT2D eigenvalue weighted by Gasteiger charge is 2.22. The minimum absolute atomic E-state index is 0.0469. The Hall–Kier alpha value is -3.76. The molecule has 10 heteroatoms. The molecule has 1 aliphatic heterocycles. The lowest BCUT2D eigenvalue weighted by atomic mass is 10.1. The number of methoxy groups -OCH3 is 1. The molecule has 0 radical (unpaired) electrons. The van der Waals surface area contributed by atoms with E-state index in [0.717, 1.165) is 22.8 Å². The van der Waals surface area contributed by atoms with Crippen LogP contribution in [0.25, 0.3) is 16.8 Å². The van der Waals surface area contributed by atoms with E-state index in [0.29, 0.717) is 38.5 Å². The van der Waals surface area contributed by atoms with Gasteiger partial charge in [0.15, 0.2) is 0 Å². The van der Waals surface area contributed by atoms with Crippen LogP contribution in [0.3, 0.4) is 0 Å². The molecule has 5 rings (SSSR count). The molecule has 2 aromatic heterocycles. The van der Waals surface area contributed by atoms with Crippen molar-refractivity contribution in [2.45, 2.75) is 13.0 Å². The number of aliphatic hydroxyl groups is 1. The van der Waals surface area contributed by atoms with Crippen molar-refractivity contribution < 1.29 is 18.6 Å². The summed E-state index contributed by atoms with van der Waals surface area (Å²) in [5, 5.41) is 16.9. The summed E-state index contributed by atoms with van der Waals surface area (Å²) in [4.78, 5) is 8.20. The number of β-amino-alcohol motifs (C(OH)–C–C–N with tert-alkyl or cyclic N) is 1. The van der Waals surface area contributed by atoms with Crippen molar-refractivity contribution in [3.05, 3.63) is 66.4 Å². The van der Waals surface area contributed by atoms with Crippen LogP contribution in [0.2, 0.25) is 0 Å². The van der Waals surface area contributed by atoms with Gasteiger partial charge in [0.2, 0.25) is 5.95 Å². The fourth-order valence-electron chi connectivity index (χ4n) is 4.56. The van der Waals surface area contributed by atoms with Crippen LogP contribution >= 0.6 is 0 Å². The van der Waals surface area contributed by atoms with Crippen molar-refractivity contribution in [2.24, 2.45) is 0 Å². The molecule has 0 unspecified atom stereocenters. The number of halogens is 2. The Labute approximate surface area is 207 Å². The molecule has 1 saturated heterocycles. The molecule has 0 bridgehead atoms. The van der Waals surface area contributed by atoms with E-state index in [1.165, 1.54) is 6.07 Å². The molecule has 2 N–H and O–H groups in total. The SMILES string of the molecule is COc1ccccc1-c1ccc2cnc(Nc3cc(F)c(N4CCN(C[C@H](C)O)CC4)cc3F)nn12. The van der Waals surface area contributed by atoms with Gasteiger partial charge in [-0.2, -0.15) is 0 Å². The number of piperazine rings is 1. The van der Waals surface area contributed by atoms with Gasteiger partial charge in [-0.15, -0.1) is 5.10 Å². The maximum Gasteiger partial charge on any atom is 0.245 e. The number of para-hydroxylation sites is 1. The summed E-state index contributed by atoms with van der Waals surface area (Å²) in [5.74, 6) is -0.299. The van der Waals surface area contributed by atoms with Gasteiger partial charge in [-0.3, -0.25) is 4.90 Å². The number of hydrogen-bond acceptors (Lipinski definition) is 7. The fraction of sp³-hybridized carbons (Fsp3) is 0.308. The summed E-state index contributed by atoms with van der Waals surface area (Å²) < 4.78 is 37.2. The molecule has 1 atom stereocenters. The maximum absolute atomic E-state index is 15.0. The first-order valence-electron chi connectivity index (χ1n) is 11.8. The number of aliphatic hydroxyl groups excluding tert-OH is 1. The smallest absolute Gasteiger partial charge is 0.245 e. The molecule has 4 aromatic rings. The van der Waals surface area contributed by atoms with Crippen LogP contribution in [-0.2, 0) is 0 Å². The van der Waals surface area contributed by atoms with Gasteiger partial charge in [0.25, 0.3) is 0 Å². The molecule has 36 heavy (non-hydrogen) atoms. The highest BCUT2D eigenvalue weighted by molar-refractivity contribution is 5.72. The summed E-state index contributed by atoms with van der Waals surface area (Å²) in [6, 6.07) is 13.7. The Morgan fingerprint density at radius 2 is 1.83 bits per heavy atom. The minimum atomic E-state index is -0.598. The monoisotopic (exact) mass is 494 g/mol. The van der Waals surface area contributed by atoms with Crippen molar-refractivity contribution in [1.29, 1.82) is 0 Å². The van der Waals surface area contributed by atoms with Gasteiger partial charge in [0, 0.05) is 50.4 Å². The third kappa shape index (κ3) is 4.82. The molecule has 1 aliphatic rings. The van der Waals surface area contributed by atoms with E-state index < -0.39 is 17.7 Å². The zero-order chi connectivity index (χ0) is 25.2. The summed E-state index contributed by atoms with van der Waals surface area (Å²) in [6.07, 6.45) is 1.19. The number of rotatable bonds is 7. The van der Waals surface area contributed by atoms with E-state index >= 15 is 8.78 Å². The van der Waals surface area contributed by atoms with Crippen molar-refractivity contribution in [3.8, 4) is 17.0 Å². The average Bonchev–Trinajstić information content (AvgIpc) is 3.29. The molecule has 0 saturated carbocycles. The molecular weight excluding hydrogens is 466 g/mol. The number of anilines is 3. The Balaban J connectivity index is 1.38. The van der Waals surface area contributed by atoms with E-state index in [9.17, 15) is 5.11 Å². The van der Waals surface area contributed by atoms with Crippen molar-refractivity contribution in [2.75, 3.05) is 50.1 Å². The molecule has 0 amide bonds. The third-order valence-corrected chi connectivity index (χ3v) is 6.30. The highest BCUT2D eigenvalue weighted by Crippen LogP contribution is 2.32. The standard InChI is InChI=1S/C26H28F2N6O2/c1-17(35)16-32-9-11-33(12-10-32)24-14-20(27)22(13-21(24)28)30-26-29-15-18-7-8-23(34(18)31-26)19-5-3-4-6-25(19)36-2/h3-8,13-15,17,35H,9-12,16H2,1-2H3,(H,30,31)/t17-/m0/s1. The number of benzene rings is 2. The van der Waals surface area contributed by atoms with Crippen LogP contribution in [0.5, 0.6) is 5.75 Å². The Kier molecular flexibility index (Phi) is 6.71. The molecule has 2 aromatic carbocycles. The lowest BCUT2D eigenvalue weighted by Crippen LogP contribution is -2.48. The van der Waals surface area contributed by atoms with E-state index in [-0.39, 0.29) is 17.3 Å². The second kappa shape index (κ2) is 10.1. The van der Waals surface area contributed by atoms with E-state index in [4.69, 9.17) is 4.74 Å². The lowest BCUT2D eigenvalue weighted by molar-refractivity contribution is 0.122. The second-order valence-corrected chi connectivity index (χ2v) is 8.88. The summed E-state index contributed by atoms with van der Waals surface area (Å²) in [7, 11) is 1.60. The molecule has 0 aliphatic carbocycles. The molecule has 3 heterocycles. The number of fused-ring (bicyclic) bond motifs is 1. The quantitative estimate of drug-likeness (QED) is 0.403. The molecule has 8 nitrogen and oxygen atoms in total. The molecular formula is C26H28F2N6O2.